The van der Waals surface area contributed by atoms with Gasteiger partial charge in [0.1, 0.15) is 5.82 Å². The first kappa shape index (κ1) is 19.2. The van der Waals surface area contributed by atoms with Gasteiger partial charge >= 0.3 is 5.97 Å². The highest BCUT2D eigenvalue weighted by Gasteiger charge is 2.40. The Bertz CT molecular complexity index is 809. The van der Waals surface area contributed by atoms with Crippen LogP contribution in [0.15, 0.2) is 42.5 Å². The van der Waals surface area contributed by atoms with Crippen LogP contribution in [-0.2, 0) is 10.3 Å². The summed E-state index contributed by atoms with van der Waals surface area (Å²) in [6.07, 6.45) is 0.0764. The molecule has 0 heterocycles. The van der Waals surface area contributed by atoms with Crippen LogP contribution in [0, 0.1) is 5.82 Å². The minimum absolute atomic E-state index is 0.0764. The van der Waals surface area contributed by atoms with Gasteiger partial charge in [-0.2, -0.15) is 0 Å². The van der Waals surface area contributed by atoms with E-state index >= 15 is 0 Å². The maximum absolute atomic E-state index is 14.3. The highest BCUT2D eigenvalue weighted by Crippen LogP contribution is 2.31. The summed E-state index contributed by atoms with van der Waals surface area (Å²) >= 11 is 0. The Balaban J connectivity index is 2.47. The minimum Gasteiger partial charge on any atom is -0.493 e. The molecule has 0 radical (unpaired) electrons. The summed E-state index contributed by atoms with van der Waals surface area (Å²) in [4.78, 5) is 24.6. The molecule has 0 aliphatic heterocycles. The number of methoxy groups -OCH3 is 2. The van der Waals surface area contributed by atoms with Gasteiger partial charge in [0.25, 0.3) is 5.91 Å². The first-order chi connectivity index (χ1) is 12.4. The Morgan fingerprint density at radius 1 is 1.12 bits per heavy atom. The van der Waals surface area contributed by atoms with Gasteiger partial charge in [0.2, 0.25) is 0 Å². The molecular weight excluding hydrogens is 341 g/mol. The lowest BCUT2D eigenvalue weighted by atomic mass is 9.87. The van der Waals surface area contributed by atoms with E-state index in [9.17, 15) is 19.1 Å². The molecule has 7 heteroatoms. The van der Waals surface area contributed by atoms with E-state index in [0.717, 1.165) is 6.07 Å². The standard InChI is InChI=1S/C19H20FNO5/c1-4-19(18(23)24,12-8-6-5-7-9-12)21-17(22)13-10-15(25-2)16(26-3)11-14(13)20/h5-11H,4H2,1-3H3,(H,21,22)(H,23,24). The van der Waals surface area contributed by atoms with Crippen LogP contribution in [0.3, 0.4) is 0 Å². The fraction of sp³-hybridized carbons (Fsp3) is 0.263. The maximum atomic E-state index is 14.3. The molecular formula is C19H20FNO5. The van der Waals surface area contributed by atoms with Crippen molar-refractivity contribution in [1.29, 1.82) is 0 Å². The molecule has 0 aliphatic rings. The van der Waals surface area contributed by atoms with E-state index in [1.807, 2.05) is 0 Å². The summed E-state index contributed by atoms with van der Waals surface area (Å²) in [5.41, 5.74) is -1.63. The zero-order valence-electron chi connectivity index (χ0n) is 14.7. The topological polar surface area (TPSA) is 84.9 Å². The summed E-state index contributed by atoms with van der Waals surface area (Å²) in [5, 5.41) is 12.2. The lowest BCUT2D eigenvalue weighted by molar-refractivity contribution is -0.145. The third-order valence-corrected chi connectivity index (χ3v) is 4.21. The predicted octanol–water partition coefficient (Wildman–Crippen LogP) is 2.96. The van der Waals surface area contributed by atoms with Gasteiger partial charge in [-0.05, 0) is 18.1 Å². The molecule has 0 saturated heterocycles. The second-order valence-corrected chi connectivity index (χ2v) is 5.57. The number of ether oxygens (including phenoxy) is 2. The van der Waals surface area contributed by atoms with Gasteiger partial charge in [-0.1, -0.05) is 37.3 Å². The van der Waals surface area contributed by atoms with E-state index in [1.165, 1.54) is 20.3 Å². The van der Waals surface area contributed by atoms with E-state index in [2.05, 4.69) is 5.32 Å². The van der Waals surface area contributed by atoms with Crippen molar-refractivity contribution in [3.8, 4) is 11.5 Å². The summed E-state index contributed by atoms with van der Waals surface area (Å²) < 4.78 is 24.4. The number of benzene rings is 2. The third kappa shape index (κ3) is 3.46. The van der Waals surface area contributed by atoms with E-state index in [1.54, 1.807) is 37.3 Å². The van der Waals surface area contributed by atoms with Crippen molar-refractivity contribution in [3.05, 3.63) is 59.4 Å². The monoisotopic (exact) mass is 361 g/mol. The van der Waals surface area contributed by atoms with Crippen LogP contribution in [-0.4, -0.2) is 31.2 Å². The largest absolute Gasteiger partial charge is 0.493 e. The molecule has 2 aromatic rings. The van der Waals surface area contributed by atoms with Crippen LogP contribution in [0.1, 0.15) is 29.3 Å². The zero-order valence-corrected chi connectivity index (χ0v) is 14.7. The second-order valence-electron chi connectivity index (χ2n) is 5.57. The first-order valence-electron chi connectivity index (χ1n) is 7.92. The average molecular weight is 361 g/mol. The number of nitrogens with one attached hydrogen (secondary N) is 1. The highest BCUT2D eigenvalue weighted by molar-refractivity contribution is 5.99. The fourth-order valence-corrected chi connectivity index (χ4v) is 2.70. The smallest absolute Gasteiger partial charge is 0.334 e. The quantitative estimate of drug-likeness (QED) is 0.792. The number of hydrogen-bond acceptors (Lipinski definition) is 4. The highest BCUT2D eigenvalue weighted by atomic mass is 19.1. The molecule has 6 nitrogen and oxygen atoms in total. The molecule has 1 atom stereocenters. The Morgan fingerprint density at radius 3 is 2.19 bits per heavy atom. The number of amides is 1. The van der Waals surface area contributed by atoms with Crippen molar-refractivity contribution in [3.63, 3.8) is 0 Å². The van der Waals surface area contributed by atoms with Gasteiger partial charge in [0.15, 0.2) is 17.0 Å². The normalized spacial score (nSPS) is 12.8. The molecule has 2 aromatic carbocycles. The Morgan fingerprint density at radius 2 is 1.69 bits per heavy atom. The van der Waals surface area contributed by atoms with Gasteiger partial charge < -0.3 is 19.9 Å². The molecule has 1 unspecified atom stereocenters. The summed E-state index contributed by atoms with van der Waals surface area (Å²) in [7, 11) is 2.70. The van der Waals surface area contributed by atoms with Crippen molar-refractivity contribution in [2.45, 2.75) is 18.9 Å². The van der Waals surface area contributed by atoms with Crippen LogP contribution in [0.25, 0.3) is 0 Å². The molecule has 26 heavy (non-hydrogen) atoms. The molecule has 0 spiro atoms. The summed E-state index contributed by atoms with van der Waals surface area (Å²) in [5.74, 6) is -2.65. The van der Waals surface area contributed by atoms with Gasteiger partial charge in [-0.15, -0.1) is 0 Å². The van der Waals surface area contributed by atoms with Gasteiger partial charge in [-0.3, -0.25) is 4.79 Å². The van der Waals surface area contributed by atoms with Crippen LogP contribution in [0.4, 0.5) is 4.39 Å². The lowest BCUT2D eigenvalue weighted by Gasteiger charge is -2.30. The van der Waals surface area contributed by atoms with Crippen molar-refractivity contribution in [1.82, 2.24) is 5.32 Å². The molecule has 2 N–H and O–H groups in total. The Labute approximate surface area is 150 Å². The molecule has 0 aliphatic carbocycles. The summed E-state index contributed by atoms with van der Waals surface area (Å²) in [6, 6.07) is 10.5. The number of carboxylic acids is 1. The van der Waals surface area contributed by atoms with Crippen molar-refractivity contribution >= 4 is 11.9 Å². The van der Waals surface area contributed by atoms with E-state index in [4.69, 9.17) is 9.47 Å². The molecule has 0 bridgehead atoms. The van der Waals surface area contributed by atoms with Crippen LogP contribution in [0.5, 0.6) is 11.5 Å². The SMILES string of the molecule is CCC(NC(=O)c1cc(OC)c(OC)cc1F)(C(=O)O)c1ccccc1. The third-order valence-electron chi connectivity index (χ3n) is 4.21. The molecule has 138 valence electrons. The number of hydrogen-bond donors (Lipinski definition) is 2. The van der Waals surface area contributed by atoms with E-state index in [0.29, 0.717) is 5.56 Å². The van der Waals surface area contributed by atoms with Crippen LogP contribution >= 0.6 is 0 Å². The second kappa shape index (κ2) is 7.86. The molecule has 1 amide bonds. The molecule has 0 fully saturated rings. The van der Waals surface area contributed by atoms with Gasteiger partial charge in [-0.25, -0.2) is 9.18 Å². The lowest BCUT2D eigenvalue weighted by Crippen LogP contribution is -2.51. The van der Waals surface area contributed by atoms with Crippen molar-refractivity contribution < 1.29 is 28.6 Å². The number of carbonyl (C=O) groups excluding carboxylic acids is 1. The number of rotatable bonds is 7. The van der Waals surface area contributed by atoms with E-state index in [-0.39, 0.29) is 23.5 Å². The number of halogens is 1. The zero-order chi connectivity index (χ0) is 19.3. The van der Waals surface area contributed by atoms with Crippen LogP contribution < -0.4 is 14.8 Å². The number of aliphatic carboxylic acids is 1. The summed E-state index contributed by atoms with van der Waals surface area (Å²) in [6.45, 7) is 1.63. The van der Waals surface area contributed by atoms with Crippen molar-refractivity contribution in [2.75, 3.05) is 14.2 Å². The Kier molecular flexibility index (Phi) is 5.82. The van der Waals surface area contributed by atoms with Gasteiger partial charge in [0, 0.05) is 6.07 Å². The van der Waals surface area contributed by atoms with E-state index < -0.39 is 23.2 Å². The molecule has 2 rings (SSSR count). The average Bonchev–Trinajstić information content (AvgIpc) is 2.66. The molecule has 0 saturated carbocycles. The Hall–Kier alpha value is -3.09. The maximum Gasteiger partial charge on any atom is 0.334 e. The first-order valence-corrected chi connectivity index (χ1v) is 7.92. The van der Waals surface area contributed by atoms with Crippen LogP contribution in [0.2, 0.25) is 0 Å². The van der Waals surface area contributed by atoms with Gasteiger partial charge in [0.05, 0.1) is 19.8 Å². The van der Waals surface area contributed by atoms with Crippen molar-refractivity contribution in [2.24, 2.45) is 0 Å². The molecule has 0 aromatic heterocycles. The minimum atomic E-state index is -1.68. The number of carboxylic acid groups (broad SMARTS) is 1. The predicted molar refractivity (Wildman–Crippen MR) is 93.0 cm³/mol. The number of carbonyl (C=O) groups is 2. The fourth-order valence-electron chi connectivity index (χ4n) is 2.70.